The topological polar surface area (TPSA) is 68.7 Å². The Hall–Kier alpha value is -2.86. The molecule has 3 rings (SSSR count). The summed E-state index contributed by atoms with van der Waals surface area (Å²) in [6, 6.07) is 15.3. The predicted octanol–water partition coefficient (Wildman–Crippen LogP) is 4.10. The molecule has 0 radical (unpaired) electrons. The molecule has 0 aliphatic rings. The van der Waals surface area contributed by atoms with Crippen LogP contribution in [0.2, 0.25) is 0 Å². The van der Waals surface area contributed by atoms with E-state index in [0.717, 1.165) is 11.1 Å². The van der Waals surface area contributed by atoms with Gasteiger partial charge in [0.1, 0.15) is 11.6 Å². The van der Waals surface area contributed by atoms with Crippen molar-refractivity contribution in [1.29, 1.82) is 0 Å². The number of nitrogens with zero attached hydrogens (tertiary/aromatic N) is 1. The largest absolute Gasteiger partial charge is 0.493 e. The quantitative estimate of drug-likeness (QED) is 0.731. The van der Waals surface area contributed by atoms with Crippen LogP contribution < -0.4 is 9.47 Å². The Bertz CT molecular complexity index is 845. The van der Waals surface area contributed by atoms with Gasteiger partial charge in [-0.1, -0.05) is 30.3 Å². The molecule has 122 valence electrons. The lowest BCUT2D eigenvalue weighted by Gasteiger charge is -2.11. The van der Waals surface area contributed by atoms with Crippen LogP contribution in [0.4, 0.5) is 0 Å². The fourth-order valence-electron chi connectivity index (χ4n) is 2.16. The van der Waals surface area contributed by atoms with Crippen molar-refractivity contribution >= 4 is 17.3 Å². The van der Waals surface area contributed by atoms with Crippen molar-refractivity contribution in [2.75, 3.05) is 7.11 Å². The van der Waals surface area contributed by atoms with Crippen molar-refractivity contribution in [2.45, 2.75) is 6.61 Å². The molecule has 24 heavy (non-hydrogen) atoms. The number of carboxylic acid groups (broad SMARTS) is 1. The molecule has 0 unspecified atom stereocenters. The van der Waals surface area contributed by atoms with Crippen molar-refractivity contribution in [1.82, 2.24) is 4.98 Å². The second-order valence-electron chi connectivity index (χ2n) is 4.98. The Kier molecular flexibility index (Phi) is 4.77. The molecule has 0 atom stereocenters. The van der Waals surface area contributed by atoms with Crippen LogP contribution in [-0.2, 0) is 6.61 Å². The second-order valence-corrected chi connectivity index (χ2v) is 5.84. The number of benzene rings is 2. The molecule has 0 aliphatic carbocycles. The lowest BCUT2D eigenvalue weighted by atomic mass is 10.2. The summed E-state index contributed by atoms with van der Waals surface area (Å²) in [5.41, 5.74) is 1.89. The molecular weight excluding hydrogens is 326 g/mol. The van der Waals surface area contributed by atoms with Gasteiger partial charge in [0, 0.05) is 10.9 Å². The van der Waals surface area contributed by atoms with E-state index >= 15 is 0 Å². The van der Waals surface area contributed by atoms with Gasteiger partial charge in [0.2, 0.25) is 0 Å². The first kappa shape index (κ1) is 16.0. The van der Waals surface area contributed by atoms with Gasteiger partial charge in [-0.05, 0) is 23.8 Å². The van der Waals surface area contributed by atoms with Crippen molar-refractivity contribution in [3.63, 3.8) is 0 Å². The van der Waals surface area contributed by atoms with E-state index < -0.39 is 5.97 Å². The van der Waals surface area contributed by atoms with Crippen molar-refractivity contribution in [3.05, 3.63) is 65.2 Å². The number of aromatic nitrogens is 1. The van der Waals surface area contributed by atoms with Crippen LogP contribution in [0.15, 0.2) is 53.9 Å². The van der Waals surface area contributed by atoms with E-state index in [1.54, 1.807) is 19.2 Å². The molecule has 0 fully saturated rings. The third-order valence-corrected chi connectivity index (χ3v) is 4.26. The third-order valence-electron chi connectivity index (χ3n) is 3.37. The summed E-state index contributed by atoms with van der Waals surface area (Å²) in [6.45, 7) is 0.441. The number of methoxy groups -OCH3 is 1. The first-order chi connectivity index (χ1) is 11.7. The minimum Gasteiger partial charge on any atom is -0.493 e. The maximum Gasteiger partial charge on any atom is 0.355 e. The fourth-order valence-corrected chi connectivity index (χ4v) is 2.95. The second kappa shape index (κ2) is 7.14. The highest BCUT2D eigenvalue weighted by molar-refractivity contribution is 7.13. The van der Waals surface area contributed by atoms with Gasteiger partial charge in [0.15, 0.2) is 17.2 Å². The minimum absolute atomic E-state index is 0.0402. The van der Waals surface area contributed by atoms with Crippen LogP contribution >= 0.6 is 11.3 Å². The zero-order valence-electron chi connectivity index (χ0n) is 12.9. The minimum atomic E-state index is -1.03. The molecule has 0 spiro atoms. The van der Waals surface area contributed by atoms with Crippen LogP contribution in [0.3, 0.4) is 0 Å². The molecule has 2 aromatic carbocycles. The number of aromatic carboxylic acids is 1. The fraction of sp³-hybridized carbons (Fsp3) is 0.111. The normalized spacial score (nSPS) is 10.4. The summed E-state index contributed by atoms with van der Waals surface area (Å²) < 4.78 is 11.2. The summed E-state index contributed by atoms with van der Waals surface area (Å²) >= 11 is 1.28. The van der Waals surface area contributed by atoms with E-state index in [9.17, 15) is 4.79 Å². The lowest BCUT2D eigenvalue weighted by Crippen LogP contribution is -1.98. The number of hydrogen-bond acceptors (Lipinski definition) is 5. The van der Waals surface area contributed by atoms with E-state index in [4.69, 9.17) is 14.6 Å². The first-order valence-corrected chi connectivity index (χ1v) is 8.09. The highest BCUT2D eigenvalue weighted by Gasteiger charge is 2.13. The molecule has 0 aliphatic heterocycles. The monoisotopic (exact) mass is 341 g/mol. The summed E-state index contributed by atoms with van der Waals surface area (Å²) in [5.74, 6) is 0.169. The Morgan fingerprint density at radius 1 is 1.17 bits per heavy atom. The van der Waals surface area contributed by atoms with Gasteiger partial charge in [-0.15, -0.1) is 11.3 Å². The van der Waals surface area contributed by atoms with E-state index in [-0.39, 0.29) is 5.69 Å². The first-order valence-electron chi connectivity index (χ1n) is 7.21. The standard InChI is InChI=1S/C18H15NO4S/c1-22-16-9-13(17-19-14(11-24-17)18(20)21)7-8-15(16)23-10-12-5-3-2-4-6-12/h2-9,11H,10H2,1H3,(H,20,21). The third kappa shape index (κ3) is 3.55. The van der Waals surface area contributed by atoms with Gasteiger partial charge in [-0.25, -0.2) is 9.78 Å². The van der Waals surface area contributed by atoms with Crippen molar-refractivity contribution < 1.29 is 19.4 Å². The molecule has 5 nitrogen and oxygen atoms in total. The molecule has 0 saturated heterocycles. The Balaban J connectivity index is 1.80. The predicted molar refractivity (Wildman–Crippen MR) is 91.8 cm³/mol. The van der Waals surface area contributed by atoms with Gasteiger partial charge in [0.25, 0.3) is 0 Å². The number of hydrogen-bond donors (Lipinski definition) is 1. The highest BCUT2D eigenvalue weighted by Crippen LogP contribution is 2.34. The number of carbonyl (C=O) groups is 1. The van der Waals surface area contributed by atoms with Gasteiger partial charge in [0.05, 0.1) is 7.11 Å². The van der Waals surface area contributed by atoms with Gasteiger partial charge >= 0.3 is 5.97 Å². The summed E-state index contributed by atoms with van der Waals surface area (Å²) in [4.78, 5) is 15.0. The Labute approximate surface area is 143 Å². The van der Waals surface area contributed by atoms with Crippen molar-refractivity contribution in [2.24, 2.45) is 0 Å². The lowest BCUT2D eigenvalue weighted by molar-refractivity contribution is 0.0691. The van der Waals surface area contributed by atoms with Gasteiger partial charge < -0.3 is 14.6 Å². The zero-order chi connectivity index (χ0) is 16.9. The molecule has 1 heterocycles. The SMILES string of the molecule is COc1cc(-c2nc(C(=O)O)cs2)ccc1OCc1ccccc1. The molecule has 0 bridgehead atoms. The number of rotatable bonds is 6. The molecule has 0 amide bonds. The Morgan fingerprint density at radius 3 is 2.62 bits per heavy atom. The van der Waals surface area contributed by atoms with Crippen LogP contribution in [0, 0.1) is 0 Å². The number of carboxylic acids is 1. The zero-order valence-corrected chi connectivity index (χ0v) is 13.7. The van der Waals surface area contributed by atoms with E-state index in [2.05, 4.69) is 4.98 Å². The van der Waals surface area contributed by atoms with Crippen LogP contribution in [0.5, 0.6) is 11.5 Å². The Morgan fingerprint density at radius 2 is 1.96 bits per heavy atom. The molecule has 1 N–H and O–H groups in total. The number of thiazole rings is 1. The van der Waals surface area contributed by atoms with Crippen LogP contribution in [0.25, 0.3) is 10.6 Å². The van der Waals surface area contributed by atoms with Gasteiger partial charge in [-0.2, -0.15) is 0 Å². The van der Waals surface area contributed by atoms with E-state index in [1.807, 2.05) is 36.4 Å². The van der Waals surface area contributed by atoms with Crippen LogP contribution in [-0.4, -0.2) is 23.2 Å². The average Bonchev–Trinajstić information content (AvgIpc) is 3.11. The van der Waals surface area contributed by atoms with Crippen molar-refractivity contribution in [3.8, 4) is 22.1 Å². The molecule has 3 aromatic rings. The summed E-state index contributed by atoms with van der Waals surface area (Å²) in [5, 5.41) is 11.1. The van der Waals surface area contributed by atoms with Gasteiger partial charge in [-0.3, -0.25) is 0 Å². The summed E-state index contributed by atoms with van der Waals surface area (Å²) in [6.07, 6.45) is 0. The van der Waals surface area contributed by atoms with Crippen LogP contribution in [0.1, 0.15) is 16.1 Å². The molecule has 1 aromatic heterocycles. The maximum absolute atomic E-state index is 10.9. The summed E-state index contributed by atoms with van der Waals surface area (Å²) in [7, 11) is 1.57. The average molecular weight is 341 g/mol. The molecule has 0 saturated carbocycles. The molecule has 6 heteroatoms. The number of ether oxygens (including phenoxy) is 2. The molecular formula is C18H15NO4S. The van der Waals surface area contributed by atoms with E-state index in [1.165, 1.54) is 16.7 Å². The van der Waals surface area contributed by atoms with E-state index in [0.29, 0.717) is 23.1 Å². The highest BCUT2D eigenvalue weighted by atomic mass is 32.1. The smallest absolute Gasteiger partial charge is 0.355 e. The maximum atomic E-state index is 10.9.